The van der Waals surface area contributed by atoms with Crippen molar-refractivity contribution in [1.82, 2.24) is 40.3 Å². The van der Waals surface area contributed by atoms with Crippen molar-refractivity contribution in [3.05, 3.63) is 36.7 Å². The molecule has 0 radical (unpaired) electrons. The van der Waals surface area contributed by atoms with Gasteiger partial charge in [-0.2, -0.15) is 0 Å². The molecule has 0 aliphatic carbocycles. The monoisotopic (exact) mass is 410 g/mol. The van der Waals surface area contributed by atoms with Crippen LogP contribution < -0.4 is 9.68 Å². The maximum Gasteiger partial charge on any atom is 0.335 e. The predicted molar refractivity (Wildman–Crippen MR) is 102 cm³/mol. The van der Waals surface area contributed by atoms with E-state index in [0.717, 1.165) is 22.5 Å². The summed E-state index contributed by atoms with van der Waals surface area (Å²) in [6.45, 7) is 0. The van der Waals surface area contributed by atoms with Crippen LogP contribution in [0, 0.1) is 0 Å². The van der Waals surface area contributed by atoms with Gasteiger partial charge in [-0.3, -0.25) is 0 Å². The number of carbonyl (C=O) groups excluding carboxylic acids is 2. The third-order valence-corrected chi connectivity index (χ3v) is 4.27. The zero-order chi connectivity index (χ0) is 20.8. The van der Waals surface area contributed by atoms with Crippen LogP contribution in [0.2, 0.25) is 0 Å². The highest BCUT2D eigenvalue weighted by atomic mass is 16.7. The van der Waals surface area contributed by atoms with Crippen molar-refractivity contribution in [2.45, 2.75) is 38.5 Å². The third kappa shape index (κ3) is 4.54. The molecular formula is C18H18N8O4. The van der Waals surface area contributed by atoms with Crippen molar-refractivity contribution in [2.75, 3.05) is 0 Å². The third-order valence-electron chi connectivity index (χ3n) is 4.27. The Balaban J connectivity index is 1.12. The van der Waals surface area contributed by atoms with Crippen LogP contribution in [0.3, 0.4) is 0 Å². The van der Waals surface area contributed by atoms with Crippen LogP contribution in [0.5, 0.6) is 0 Å². The van der Waals surface area contributed by atoms with Crippen LogP contribution in [0.1, 0.15) is 38.5 Å². The van der Waals surface area contributed by atoms with E-state index >= 15 is 0 Å². The summed E-state index contributed by atoms with van der Waals surface area (Å²) in [6.07, 6.45) is 6.48. The van der Waals surface area contributed by atoms with Gasteiger partial charge in [0, 0.05) is 25.2 Å². The first kappa shape index (κ1) is 19.4. The molecule has 4 aromatic heterocycles. The Kier molecular flexibility index (Phi) is 5.83. The molecule has 30 heavy (non-hydrogen) atoms. The molecular weight excluding hydrogens is 392 g/mol. The molecule has 0 aliphatic heterocycles. The first-order valence-corrected chi connectivity index (χ1v) is 9.46. The highest BCUT2D eigenvalue weighted by Gasteiger charge is 2.12. The molecule has 154 valence electrons. The van der Waals surface area contributed by atoms with Crippen LogP contribution in [-0.4, -0.2) is 52.2 Å². The van der Waals surface area contributed by atoms with E-state index in [1.165, 1.54) is 0 Å². The topological polar surface area (TPSA) is 140 Å². The van der Waals surface area contributed by atoms with E-state index in [-0.39, 0.29) is 12.8 Å². The van der Waals surface area contributed by atoms with Gasteiger partial charge in [-0.25, -0.2) is 19.6 Å². The minimum Gasteiger partial charge on any atom is -0.317 e. The summed E-state index contributed by atoms with van der Waals surface area (Å²) >= 11 is 0. The van der Waals surface area contributed by atoms with Gasteiger partial charge in [0.05, 0.1) is 0 Å². The summed E-state index contributed by atoms with van der Waals surface area (Å²) < 4.78 is 0. The Hall–Kier alpha value is -3.96. The maximum atomic E-state index is 12.0. The van der Waals surface area contributed by atoms with Crippen molar-refractivity contribution in [1.29, 1.82) is 0 Å². The average Bonchev–Trinajstić information content (AvgIpc) is 3.35. The first-order chi connectivity index (χ1) is 14.7. The Morgan fingerprint density at radius 1 is 0.733 bits per heavy atom. The highest BCUT2D eigenvalue weighted by Crippen LogP contribution is 2.09. The van der Waals surface area contributed by atoms with Crippen LogP contribution in [0.25, 0.3) is 22.3 Å². The van der Waals surface area contributed by atoms with E-state index in [4.69, 9.17) is 9.68 Å². The van der Waals surface area contributed by atoms with Crippen LogP contribution in [0.4, 0.5) is 0 Å². The molecule has 0 aliphatic rings. The first-order valence-electron chi connectivity index (χ1n) is 9.46. The van der Waals surface area contributed by atoms with E-state index in [9.17, 15) is 9.59 Å². The number of nitrogens with zero attached hydrogens (tertiary/aromatic N) is 8. The van der Waals surface area contributed by atoms with E-state index in [1.807, 2.05) is 0 Å². The second-order valence-electron chi connectivity index (χ2n) is 6.46. The second kappa shape index (κ2) is 9.03. The lowest BCUT2D eigenvalue weighted by atomic mass is 10.1. The zero-order valence-electron chi connectivity index (χ0n) is 15.9. The van der Waals surface area contributed by atoms with Crippen molar-refractivity contribution in [3.63, 3.8) is 0 Å². The Morgan fingerprint density at radius 3 is 1.67 bits per heavy atom. The summed E-state index contributed by atoms with van der Waals surface area (Å²) in [5.74, 6) is -0.812. The Morgan fingerprint density at radius 2 is 1.20 bits per heavy atom. The van der Waals surface area contributed by atoms with Gasteiger partial charge in [0.15, 0.2) is 11.0 Å². The number of rotatable bonds is 9. The molecule has 0 spiro atoms. The molecule has 0 aromatic carbocycles. The van der Waals surface area contributed by atoms with Gasteiger partial charge in [0.2, 0.25) is 11.3 Å². The summed E-state index contributed by atoms with van der Waals surface area (Å²) in [4.78, 5) is 44.4. The van der Waals surface area contributed by atoms with Crippen LogP contribution >= 0.6 is 0 Å². The summed E-state index contributed by atoms with van der Waals surface area (Å²) in [6, 6.07) is 6.85. The summed E-state index contributed by atoms with van der Waals surface area (Å²) in [7, 11) is 0. The van der Waals surface area contributed by atoms with Crippen molar-refractivity contribution in [2.24, 2.45) is 0 Å². The molecule has 0 saturated carbocycles. The minimum atomic E-state index is -0.406. The number of fused-ring (bicyclic) bond motifs is 2. The highest BCUT2D eigenvalue weighted by molar-refractivity contribution is 5.73. The molecule has 0 amide bonds. The van der Waals surface area contributed by atoms with Crippen molar-refractivity contribution >= 4 is 34.3 Å². The fourth-order valence-corrected chi connectivity index (χ4v) is 2.80. The number of aromatic nitrogens is 8. The molecule has 0 bridgehead atoms. The van der Waals surface area contributed by atoms with Crippen LogP contribution in [0.15, 0.2) is 36.7 Å². The van der Waals surface area contributed by atoms with E-state index in [0.29, 0.717) is 35.2 Å². The van der Waals surface area contributed by atoms with Gasteiger partial charge in [-0.05, 0) is 47.5 Å². The second-order valence-corrected chi connectivity index (χ2v) is 6.46. The molecule has 0 atom stereocenters. The summed E-state index contributed by atoms with van der Waals surface area (Å²) in [5, 5.41) is 15.2. The van der Waals surface area contributed by atoms with Gasteiger partial charge in [0.1, 0.15) is 0 Å². The largest absolute Gasteiger partial charge is 0.335 e. The average molecular weight is 410 g/mol. The molecule has 0 unspecified atom stereocenters. The van der Waals surface area contributed by atoms with E-state index < -0.39 is 11.9 Å². The zero-order valence-corrected chi connectivity index (χ0v) is 15.9. The number of hydrogen-bond donors (Lipinski definition) is 0. The molecule has 4 heterocycles. The molecule has 4 aromatic rings. The molecule has 0 saturated heterocycles. The standard InChI is InChI=1S/C18H18N8O4/c27-15(29-25-13-7-5-11-19-17(13)21-23-25)9-3-1-2-4-10-16(28)30-26-14-8-6-12-20-18(14)22-24-26/h5-8,11-12H,1-4,9-10H2. The lowest BCUT2D eigenvalue weighted by Gasteiger charge is -2.04. The predicted octanol–water partition coefficient (Wildman–Crippen LogP) is 0.917. The molecule has 4 rings (SSSR count). The van der Waals surface area contributed by atoms with Gasteiger partial charge in [-0.15, -0.1) is 10.2 Å². The molecule has 0 N–H and O–H groups in total. The van der Waals surface area contributed by atoms with Crippen LogP contribution in [-0.2, 0) is 9.59 Å². The molecule has 12 heteroatoms. The van der Waals surface area contributed by atoms with E-state index in [1.54, 1.807) is 36.7 Å². The van der Waals surface area contributed by atoms with Crippen molar-refractivity contribution < 1.29 is 19.3 Å². The lowest BCUT2D eigenvalue weighted by Crippen LogP contribution is -2.21. The smallest absolute Gasteiger partial charge is 0.317 e. The fraction of sp³-hybridized carbons (Fsp3) is 0.333. The number of hydrogen-bond acceptors (Lipinski definition) is 10. The fourth-order valence-electron chi connectivity index (χ4n) is 2.80. The summed E-state index contributed by atoms with van der Waals surface area (Å²) in [5.41, 5.74) is 1.88. The molecule has 12 nitrogen and oxygen atoms in total. The van der Waals surface area contributed by atoms with Gasteiger partial charge >= 0.3 is 11.9 Å². The Labute approximate surface area is 169 Å². The minimum absolute atomic E-state index is 0.240. The number of carbonyl (C=O) groups is 2. The quantitative estimate of drug-likeness (QED) is 0.289. The van der Waals surface area contributed by atoms with Crippen molar-refractivity contribution in [3.8, 4) is 0 Å². The van der Waals surface area contributed by atoms with Gasteiger partial charge < -0.3 is 9.68 Å². The number of pyridine rings is 2. The normalized spacial score (nSPS) is 11.1. The lowest BCUT2D eigenvalue weighted by molar-refractivity contribution is -0.146. The van der Waals surface area contributed by atoms with Gasteiger partial charge in [0.25, 0.3) is 0 Å². The maximum absolute atomic E-state index is 12.0. The SMILES string of the molecule is O=C(CCCCCCC(=O)On1nnc2ncccc21)On1nnc2ncccc21. The van der Waals surface area contributed by atoms with Gasteiger partial charge in [-0.1, -0.05) is 22.5 Å². The Bertz CT molecular complexity index is 1080. The van der Waals surface area contributed by atoms with E-state index in [2.05, 4.69) is 30.6 Å². The molecule has 0 fully saturated rings. The number of unbranched alkanes of at least 4 members (excludes halogenated alkanes) is 3.